The maximum absolute atomic E-state index is 12.7. The smallest absolute Gasteiger partial charge is 0.207 e. The summed E-state index contributed by atoms with van der Waals surface area (Å²) < 4.78 is 13.1. The van der Waals surface area contributed by atoms with Crippen molar-refractivity contribution in [1.82, 2.24) is 9.47 Å². The van der Waals surface area contributed by atoms with Gasteiger partial charge in [0.05, 0.1) is 30.1 Å². The number of morpholine rings is 1. The first kappa shape index (κ1) is 23.3. The lowest BCUT2D eigenvalue weighted by Gasteiger charge is -2.26. The van der Waals surface area contributed by atoms with Crippen LogP contribution >= 0.6 is 0 Å². The zero-order valence-electron chi connectivity index (χ0n) is 18.7. The third-order valence-corrected chi connectivity index (χ3v) is 7.15. The highest BCUT2D eigenvalue weighted by Gasteiger charge is 2.15. The Hall–Kier alpha value is -2.38. The van der Waals surface area contributed by atoms with Crippen LogP contribution < -0.4 is 16.5 Å². The fourth-order valence-corrected chi connectivity index (χ4v) is 4.26. The molecular weight excluding hydrogens is 410 g/mol. The van der Waals surface area contributed by atoms with Crippen molar-refractivity contribution in [2.75, 3.05) is 57.1 Å². The third-order valence-electron chi connectivity index (χ3n) is 5.45. The standard InChI is InChI=1S/C22H33N5O3Si/c1-31(2,3)11-10-30-16-27-15-17(14-23)22(28)18-12-19(24)20(13-21(18)27)25-4-5-26-6-8-29-9-7-26/h12-13,15,25H,4-11,16,24H2,1-3H3. The molecule has 1 aliphatic heterocycles. The number of hydrogen-bond donors (Lipinski definition) is 2. The number of ether oxygens (including phenoxy) is 2. The lowest BCUT2D eigenvalue weighted by Crippen LogP contribution is -2.39. The van der Waals surface area contributed by atoms with Gasteiger partial charge in [-0.05, 0) is 18.2 Å². The first-order chi connectivity index (χ1) is 14.8. The van der Waals surface area contributed by atoms with Crippen LogP contribution in [0.15, 0.2) is 23.1 Å². The number of anilines is 2. The molecule has 2 heterocycles. The fraction of sp³-hybridized carbons (Fsp3) is 0.545. The fourth-order valence-electron chi connectivity index (χ4n) is 3.51. The van der Waals surface area contributed by atoms with E-state index in [1.165, 1.54) is 0 Å². The summed E-state index contributed by atoms with van der Waals surface area (Å²) >= 11 is 0. The van der Waals surface area contributed by atoms with E-state index in [1.54, 1.807) is 12.3 Å². The Kier molecular flexibility index (Phi) is 7.72. The van der Waals surface area contributed by atoms with Gasteiger partial charge in [0.15, 0.2) is 0 Å². The van der Waals surface area contributed by atoms with Gasteiger partial charge in [-0.2, -0.15) is 5.26 Å². The zero-order chi connectivity index (χ0) is 22.4. The molecule has 0 aliphatic carbocycles. The van der Waals surface area contributed by atoms with Crippen LogP contribution in [0.1, 0.15) is 5.56 Å². The van der Waals surface area contributed by atoms with Crippen LogP contribution in [0.2, 0.25) is 25.7 Å². The average molecular weight is 444 g/mol. The molecule has 0 bridgehead atoms. The summed E-state index contributed by atoms with van der Waals surface area (Å²) in [6.45, 7) is 12.9. The van der Waals surface area contributed by atoms with Crippen molar-refractivity contribution in [3.63, 3.8) is 0 Å². The van der Waals surface area contributed by atoms with Crippen molar-refractivity contribution in [2.24, 2.45) is 0 Å². The van der Waals surface area contributed by atoms with Crippen LogP contribution in [-0.4, -0.2) is 63.5 Å². The second kappa shape index (κ2) is 10.3. The molecule has 1 saturated heterocycles. The third kappa shape index (κ3) is 6.30. The second-order valence-corrected chi connectivity index (χ2v) is 14.8. The molecule has 0 atom stereocenters. The molecule has 1 aromatic heterocycles. The molecule has 3 rings (SSSR count). The van der Waals surface area contributed by atoms with Gasteiger partial charge >= 0.3 is 0 Å². The van der Waals surface area contributed by atoms with E-state index in [0.717, 1.165) is 51.1 Å². The second-order valence-electron chi connectivity index (χ2n) is 9.14. The number of nitriles is 1. The molecule has 3 N–H and O–H groups in total. The molecule has 1 aromatic carbocycles. The number of rotatable bonds is 9. The minimum absolute atomic E-state index is 0.0914. The quantitative estimate of drug-likeness (QED) is 0.348. The molecule has 168 valence electrons. The number of pyridine rings is 1. The molecule has 0 unspecified atom stereocenters. The van der Waals surface area contributed by atoms with Crippen molar-refractivity contribution in [3.8, 4) is 6.07 Å². The van der Waals surface area contributed by atoms with Gasteiger partial charge in [0.1, 0.15) is 18.4 Å². The largest absolute Gasteiger partial charge is 0.397 e. The molecule has 1 fully saturated rings. The highest BCUT2D eigenvalue weighted by molar-refractivity contribution is 6.76. The molecule has 31 heavy (non-hydrogen) atoms. The van der Waals surface area contributed by atoms with Gasteiger partial charge in [0, 0.05) is 52.4 Å². The van der Waals surface area contributed by atoms with Gasteiger partial charge in [-0.25, -0.2) is 0 Å². The van der Waals surface area contributed by atoms with Crippen LogP contribution in [0.3, 0.4) is 0 Å². The topological polar surface area (TPSA) is 106 Å². The van der Waals surface area contributed by atoms with Gasteiger partial charge in [0.2, 0.25) is 5.43 Å². The number of nitrogens with zero attached hydrogens (tertiary/aromatic N) is 3. The summed E-state index contributed by atoms with van der Waals surface area (Å²) in [6, 6.07) is 6.59. The van der Waals surface area contributed by atoms with Crippen molar-refractivity contribution in [1.29, 1.82) is 5.26 Å². The van der Waals surface area contributed by atoms with Gasteiger partial charge in [-0.15, -0.1) is 0 Å². The summed E-state index contributed by atoms with van der Waals surface area (Å²) in [5.41, 5.74) is 8.00. The van der Waals surface area contributed by atoms with E-state index < -0.39 is 8.07 Å². The Morgan fingerprint density at radius 1 is 1.29 bits per heavy atom. The lowest BCUT2D eigenvalue weighted by atomic mass is 10.1. The van der Waals surface area contributed by atoms with Gasteiger partial charge in [-0.3, -0.25) is 9.69 Å². The van der Waals surface area contributed by atoms with E-state index >= 15 is 0 Å². The van der Waals surface area contributed by atoms with E-state index in [0.29, 0.717) is 23.2 Å². The Balaban J connectivity index is 1.80. The zero-order valence-corrected chi connectivity index (χ0v) is 19.7. The molecular formula is C22H33N5O3Si. The average Bonchev–Trinajstić information content (AvgIpc) is 2.73. The van der Waals surface area contributed by atoms with Gasteiger partial charge in [-0.1, -0.05) is 19.6 Å². The van der Waals surface area contributed by atoms with Gasteiger partial charge < -0.3 is 25.1 Å². The number of nitrogen functional groups attached to an aromatic ring is 1. The van der Waals surface area contributed by atoms with E-state index in [4.69, 9.17) is 15.2 Å². The molecule has 8 nitrogen and oxygen atoms in total. The monoisotopic (exact) mass is 443 g/mol. The summed E-state index contributed by atoms with van der Waals surface area (Å²) in [4.78, 5) is 15.0. The maximum Gasteiger partial charge on any atom is 0.207 e. The number of hydrogen-bond acceptors (Lipinski definition) is 7. The van der Waals surface area contributed by atoms with Crippen LogP contribution in [0, 0.1) is 11.3 Å². The Bertz CT molecular complexity index is 1000. The summed E-state index contributed by atoms with van der Waals surface area (Å²) in [7, 11) is -1.20. The SMILES string of the molecule is C[Si](C)(C)CCOCn1cc(C#N)c(=O)c2cc(N)c(NCCN3CCOCC3)cc21. The van der Waals surface area contributed by atoms with Crippen LogP contribution in [-0.2, 0) is 16.2 Å². The normalized spacial score (nSPS) is 15.2. The van der Waals surface area contributed by atoms with Crippen LogP contribution in [0.25, 0.3) is 10.9 Å². The molecule has 2 aromatic rings. The van der Waals surface area contributed by atoms with Crippen LogP contribution in [0.4, 0.5) is 11.4 Å². The first-order valence-electron chi connectivity index (χ1n) is 10.8. The van der Waals surface area contributed by atoms with Gasteiger partial charge in [0.25, 0.3) is 0 Å². The van der Waals surface area contributed by atoms with E-state index in [2.05, 4.69) is 29.9 Å². The molecule has 1 aliphatic rings. The number of aromatic nitrogens is 1. The highest BCUT2D eigenvalue weighted by Crippen LogP contribution is 2.25. The van der Waals surface area contributed by atoms with Crippen LogP contribution in [0.5, 0.6) is 0 Å². The van der Waals surface area contributed by atoms with E-state index in [1.807, 2.05) is 16.7 Å². The molecule has 0 amide bonds. The number of benzene rings is 1. The molecule has 0 radical (unpaired) electrons. The minimum atomic E-state index is -1.20. The predicted octanol–water partition coefficient (Wildman–Crippen LogP) is 2.51. The Morgan fingerprint density at radius 3 is 2.71 bits per heavy atom. The molecule has 0 saturated carbocycles. The predicted molar refractivity (Wildman–Crippen MR) is 127 cm³/mol. The van der Waals surface area contributed by atoms with Crippen molar-refractivity contribution in [3.05, 3.63) is 34.1 Å². The van der Waals surface area contributed by atoms with Crippen molar-refractivity contribution < 1.29 is 9.47 Å². The number of fused-ring (bicyclic) bond motifs is 1. The Labute approximate surface area is 184 Å². The van der Waals surface area contributed by atoms with Crippen molar-refractivity contribution >= 4 is 30.4 Å². The van der Waals surface area contributed by atoms with Crippen molar-refractivity contribution in [2.45, 2.75) is 32.4 Å². The lowest BCUT2D eigenvalue weighted by molar-refractivity contribution is 0.0398. The van der Waals surface area contributed by atoms with E-state index in [-0.39, 0.29) is 17.7 Å². The summed E-state index contributed by atoms with van der Waals surface area (Å²) in [6.07, 6.45) is 1.58. The Morgan fingerprint density at radius 2 is 2.03 bits per heavy atom. The van der Waals surface area contributed by atoms with E-state index in [9.17, 15) is 10.1 Å². The minimum Gasteiger partial charge on any atom is -0.397 e. The number of nitrogens with one attached hydrogen (secondary N) is 1. The first-order valence-corrected chi connectivity index (χ1v) is 14.5. The highest BCUT2D eigenvalue weighted by atomic mass is 28.3. The summed E-state index contributed by atoms with van der Waals surface area (Å²) in [5.74, 6) is 0. The molecule has 0 spiro atoms. The maximum atomic E-state index is 12.7. The number of nitrogens with two attached hydrogens (primary N) is 1. The molecule has 9 heteroatoms. The summed E-state index contributed by atoms with van der Waals surface area (Å²) in [5, 5.41) is 13.2.